The molecule has 1 aliphatic heterocycles. The van der Waals surface area contributed by atoms with Crippen LogP contribution in [0.2, 0.25) is 0 Å². The van der Waals surface area contributed by atoms with Crippen LogP contribution in [0.1, 0.15) is 103 Å². The number of hydrogen-bond donors (Lipinski definition) is 1. The van der Waals surface area contributed by atoms with Crippen LogP contribution in [0, 0.1) is 35.5 Å². The quantitative estimate of drug-likeness (QED) is 0.511. The average Bonchev–Trinajstić information content (AvgIpc) is 3.33. The fraction of sp³-hybridized carbons (Fsp3) is 1.00. The predicted octanol–water partition coefficient (Wildman–Crippen LogP) is 6.32. The summed E-state index contributed by atoms with van der Waals surface area (Å²) in [6.07, 6.45) is 25.0. The van der Waals surface area contributed by atoms with E-state index in [-0.39, 0.29) is 0 Å². The van der Waals surface area contributed by atoms with Crippen molar-refractivity contribution in [1.29, 1.82) is 0 Å². The Bertz CT molecular complexity index is 445. The molecule has 1 nitrogen and oxygen atoms in total. The summed E-state index contributed by atoms with van der Waals surface area (Å²) in [5, 5.41) is 3.85. The molecule has 25 heavy (non-hydrogen) atoms. The van der Waals surface area contributed by atoms with Crippen LogP contribution in [0.3, 0.4) is 0 Å². The Hall–Kier alpha value is -0.0400. The van der Waals surface area contributed by atoms with Gasteiger partial charge in [0.1, 0.15) is 0 Å². The van der Waals surface area contributed by atoms with E-state index in [0.29, 0.717) is 5.54 Å². The van der Waals surface area contributed by atoms with Crippen LogP contribution in [-0.4, -0.2) is 12.1 Å². The molecule has 4 bridgehead atoms. The lowest BCUT2D eigenvalue weighted by Gasteiger charge is -2.35. The van der Waals surface area contributed by atoms with E-state index in [1.165, 1.54) is 25.8 Å². The highest BCUT2D eigenvalue weighted by molar-refractivity contribution is 5.13. The zero-order valence-corrected chi connectivity index (χ0v) is 16.5. The average molecular weight is 344 g/mol. The summed E-state index contributed by atoms with van der Waals surface area (Å²) in [7, 11) is 0. The molecule has 0 aromatic heterocycles. The molecule has 0 amide bonds. The second-order valence-corrected chi connectivity index (χ2v) is 10.9. The minimum Gasteiger partial charge on any atom is -0.308 e. The van der Waals surface area contributed by atoms with Gasteiger partial charge in [0.25, 0.3) is 0 Å². The van der Waals surface area contributed by atoms with Crippen molar-refractivity contribution in [3.8, 4) is 0 Å². The number of rotatable bonds is 0. The van der Waals surface area contributed by atoms with E-state index >= 15 is 0 Å². The molecule has 5 unspecified atom stereocenters. The highest BCUT2D eigenvalue weighted by Crippen LogP contribution is 2.51. The Balaban J connectivity index is 1.30. The lowest BCUT2D eigenvalue weighted by atomic mass is 9.71. The summed E-state index contributed by atoms with van der Waals surface area (Å²) >= 11 is 0. The van der Waals surface area contributed by atoms with Crippen LogP contribution in [-0.2, 0) is 0 Å². The smallest absolute Gasteiger partial charge is 0.0338 e. The SMILES string of the molecule is C1CCC2CCC3CC(CCC4CCC(CC4)CCC2C1)CC31CN1. The van der Waals surface area contributed by atoms with Crippen LogP contribution in [0.4, 0.5) is 0 Å². The third-order valence-corrected chi connectivity index (χ3v) is 9.53. The number of nitrogens with one attached hydrogen (secondary N) is 1. The molecular formula is C24H41N. The highest BCUT2D eigenvalue weighted by Gasteiger charge is 2.54. The van der Waals surface area contributed by atoms with Crippen molar-refractivity contribution in [3.05, 3.63) is 0 Å². The van der Waals surface area contributed by atoms with E-state index in [4.69, 9.17) is 0 Å². The van der Waals surface area contributed by atoms with Crippen molar-refractivity contribution in [1.82, 2.24) is 5.32 Å². The van der Waals surface area contributed by atoms with E-state index in [2.05, 4.69) is 5.32 Å². The van der Waals surface area contributed by atoms with Crippen LogP contribution in [0.15, 0.2) is 0 Å². The number of hydrogen-bond acceptors (Lipinski definition) is 1. The van der Waals surface area contributed by atoms with Gasteiger partial charge in [-0.3, -0.25) is 0 Å². The summed E-state index contributed by atoms with van der Waals surface area (Å²) in [5.74, 6) is 6.46. The van der Waals surface area contributed by atoms with E-state index in [0.717, 1.165) is 35.5 Å². The predicted molar refractivity (Wildman–Crippen MR) is 106 cm³/mol. The molecular weight excluding hydrogens is 302 g/mol. The lowest BCUT2D eigenvalue weighted by molar-refractivity contribution is 0.172. The molecule has 142 valence electrons. The molecule has 1 N–H and O–H groups in total. The van der Waals surface area contributed by atoms with Gasteiger partial charge in [-0.15, -0.1) is 0 Å². The van der Waals surface area contributed by atoms with Gasteiger partial charge in [-0.25, -0.2) is 0 Å². The van der Waals surface area contributed by atoms with Crippen LogP contribution < -0.4 is 5.32 Å². The molecule has 0 aromatic carbocycles. The molecule has 0 aromatic rings. The summed E-state index contributed by atoms with van der Waals surface area (Å²) in [5.41, 5.74) is 0.629. The molecule has 6 fully saturated rings. The van der Waals surface area contributed by atoms with Crippen molar-refractivity contribution in [2.75, 3.05) is 6.54 Å². The van der Waals surface area contributed by atoms with Crippen LogP contribution in [0.5, 0.6) is 0 Å². The summed E-state index contributed by atoms with van der Waals surface area (Å²) < 4.78 is 0. The maximum atomic E-state index is 3.85. The van der Waals surface area contributed by atoms with E-state index < -0.39 is 0 Å². The van der Waals surface area contributed by atoms with Crippen molar-refractivity contribution < 1.29 is 0 Å². The normalized spacial score (nSPS) is 50.9. The fourth-order valence-electron chi connectivity index (χ4n) is 7.74. The molecule has 1 spiro atoms. The topological polar surface area (TPSA) is 21.9 Å². The van der Waals surface area contributed by atoms with Gasteiger partial charge < -0.3 is 5.32 Å². The molecule has 6 rings (SSSR count). The Labute approximate surface area is 156 Å². The van der Waals surface area contributed by atoms with Gasteiger partial charge in [0.2, 0.25) is 0 Å². The zero-order valence-electron chi connectivity index (χ0n) is 16.5. The number of fused-ring (bicyclic) bond motifs is 5. The van der Waals surface area contributed by atoms with Gasteiger partial charge in [-0.1, -0.05) is 70.6 Å². The van der Waals surface area contributed by atoms with Gasteiger partial charge >= 0.3 is 0 Å². The lowest BCUT2D eigenvalue weighted by Crippen LogP contribution is -2.25. The second kappa shape index (κ2) is 7.17. The molecule has 1 heteroatoms. The van der Waals surface area contributed by atoms with Gasteiger partial charge in [-0.2, -0.15) is 0 Å². The Morgan fingerprint density at radius 1 is 0.560 bits per heavy atom. The molecule has 1 heterocycles. The Kier molecular flexibility index (Phi) is 4.90. The largest absolute Gasteiger partial charge is 0.308 e. The Morgan fingerprint density at radius 3 is 1.68 bits per heavy atom. The summed E-state index contributed by atoms with van der Waals surface area (Å²) in [6.45, 7) is 1.35. The van der Waals surface area contributed by atoms with Crippen LogP contribution >= 0.6 is 0 Å². The molecule has 0 radical (unpaired) electrons. The van der Waals surface area contributed by atoms with Gasteiger partial charge in [-0.05, 0) is 67.6 Å². The fourth-order valence-corrected chi connectivity index (χ4v) is 7.74. The van der Waals surface area contributed by atoms with Gasteiger partial charge in [0.15, 0.2) is 0 Å². The summed E-state index contributed by atoms with van der Waals surface area (Å²) in [4.78, 5) is 0. The third kappa shape index (κ3) is 3.69. The first kappa shape index (κ1) is 17.1. The van der Waals surface area contributed by atoms with E-state index in [9.17, 15) is 0 Å². The molecule has 1 saturated heterocycles. The first-order valence-corrected chi connectivity index (χ1v) is 12.1. The standard InChI is InChI=1S/C24H41N/c1-2-4-22-13-14-23-15-20(16-24(23)17-25-24)10-9-18-5-7-19(8-6-18)11-12-21(22)3-1/h18-23,25H,1-17H2. The first-order chi connectivity index (χ1) is 12.3. The molecule has 5 aliphatic carbocycles. The van der Waals surface area contributed by atoms with Crippen molar-refractivity contribution >= 4 is 0 Å². The Morgan fingerprint density at radius 2 is 1.08 bits per heavy atom. The van der Waals surface area contributed by atoms with Gasteiger partial charge in [0.05, 0.1) is 0 Å². The first-order valence-electron chi connectivity index (χ1n) is 12.1. The maximum absolute atomic E-state index is 3.85. The van der Waals surface area contributed by atoms with Crippen molar-refractivity contribution in [2.45, 2.75) is 108 Å². The van der Waals surface area contributed by atoms with E-state index in [1.807, 2.05) is 0 Å². The van der Waals surface area contributed by atoms with Crippen molar-refractivity contribution in [2.24, 2.45) is 35.5 Å². The summed E-state index contributed by atoms with van der Waals surface area (Å²) in [6, 6.07) is 0. The molecule has 6 aliphatic rings. The third-order valence-electron chi connectivity index (χ3n) is 9.53. The highest BCUT2D eigenvalue weighted by atomic mass is 15.2. The monoisotopic (exact) mass is 343 g/mol. The maximum Gasteiger partial charge on any atom is 0.0338 e. The van der Waals surface area contributed by atoms with E-state index in [1.54, 1.807) is 83.5 Å². The molecule has 5 atom stereocenters. The van der Waals surface area contributed by atoms with Crippen LogP contribution in [0.25, 0.3) is 0 Å². The van der Waals surface area contributed by atoms with Crippen molar-refractivity contribution in [3.63, 3.8) is 0 Å². The second-order valence-electron chi connectivity index (χ2n) is 10.9. The molecule has 5 saturated carbocycles. The van der Waals surface area contributed by atoms with Gasteiger partial charge in [0, 0.05) is 12.1 Å². The zero-order chi connectivity index (χ0) is 16.7. The minimum absolute atomic E-state index is 0.629. The minimum atomic E-state index is 0.629.